The van der Waals surface area contributed by atoms with Crippen molar-refractivity contribution < 1.29 is 18.7 Å². The first kappa shape index (κ1) is 21.8. The minimum atomic E-state index is -0.486. The maximum absolute atomic E-state index is 13.8. The fourth-order valence-corrected chi connectivity index (χ4v) is 4.16. The number of hydrazone groups is 1. The minimum Gasteiger partial charge on any atom is -0.493 e. The fourth-order valence-electron chi connectivity index (χ4n) is 3.18. The Labute approximate surface area is 189 Å². The molecule has 4 rings (SSSR count). The van der Waals surface area contributed by atoms with E-state index in [0.29, 0.717) is 27.8 Å². The zero-order valence-electron chi connectivity index (χ0n) is 17.6. The summed E-state index contributed by atoms with van der Waals surface area (Å²) in [6, 6.07) is 11.5. The number of methoxy groups -OCH3 is 1. The van der Waals surface area contributed by atoms with Crippen molar-refractivity contribution in [3.63, 3.8) is 0 Å². The molecule has 0 fully saturated rings. The van der Waals surface area contributed by atoms with Gasteiger partial charge in [0.25, 0.3) is 5.91 Å². The van der Waals surface area contributed by atoms with Crippen molar-refractivity contribution in [2.75, 3.05) is 7.11 Å². The summed E-state index contributed by atoms with van der Waals surface area (Å²) < 4.78 is 25.0. The molecule has 2 aromatic carbocycles. The van der Waals surface area contributed by atoms with E-state index in [4.69, 9.17) is 14.9 Å². The summed E-state index contributed by atoms with van der Waals surface area (Å²) in [5, 5.41) is 15.5. The number of ether oxygens (including phenoxy) is 2. The third kappa shape index (κ3) is 4.43. The van der Waals surface area contributed by atoms with Gasteiger partial charge in [-0.2, -0.15) is 15.1 Å². The van der Waals surface area contributed by atoms with E-state index < -0.39 is 5.91 Å². The maximum Gasteiger partial charge on any atom is 0.283 e. The van der Waals surface area contributed by atoms with Crippen molar-refractivity contribution >= 4 is 39.8 Å². The van der Waals surface area contributed by atoms with E-state index in [1.807, 2.05) is 6.92 Å². The topological polar surface area (TPSA) is 87.3 Å². The van der Waals surface area contributed by atoms with Gasteiger partial charge in [-0.05, 0) is 54.4 Å². The highest BCUT2D eigenvalue weighted by atomic mass is 32.2. The Balaban J connectivity index is 1.56. The van der Waals surface area contributed by atoms with Crippen LogP contribution in [-0.4, -0.2) is 34.1 Å². The second-order valence-corrected chi connectivity index (χ2v) is 8.09. The normalized spacial score (nSPS) is 16.7. The molecule has 0 saturated carbocycles. The molecule has 9 heteroatoms. The molecule has 164 valence electrons. The van der Waals surface area contributed by atoms with Gasteiger partial charge >= 0.3 is 0 Å². The van der Waals surface area contributed by atoms with Crippen molar-refractivity contribution in [3.8, 4) is 11.5 Å². The largest absolute Gasteiger partial charge is 0.493 e. The van der Waals surface area contributed by atoms with Gasteiger partial charge in [0.05, 0.1) is 12.7 Å². The van der Waals surface area contributed by atoms with E-state index in [0.717, 1.165) is 17.9 Å². The number of hydrogen-bond acceptors (Lipinski definition) is 6. The summed E-state index contributed by atoms with van der Waals surface area (Å²) in [5.41, 5.74) is 1.21. The smallest absolute Gasteiger partial charge is 0.283 e. The first-order chi connectivity index (χ1) is 15.5. The first-order valence-corrected chi connectivity index (χ1v) is 10.8. The number of carbonyl (C=O) groups is 1. The van der Waals surface area contributed by atoms with E-state index in [9.17, 15) is 9.18 Å². The number of nitrogens with zero attached hydrogens (tertiary/aromatic N) is 3. The Morgan fingerprint density at radius 1 is 1.22 bits per heavy atom. The molecule has 0 saturated heterocycles. The molecule has 7 nitrogen and oxygen atoms in total. The van der Waals surface area contributed by atoms with Gasteiger partial charge in [0.15, 0.2) is 17.3 Å². The molecule has 2 aliphatic heterocycles. The molecule has 2 aliphatic rings. The average Bonchev–Trinajstić information content (AvgIpc) is 3.19. The summed E-state index contributed by atoms with van der Waals surface area (Å²) >= 11 is 1.32. The van der Waals surface area contributed by atoms with Gasteiger partial charge < -0.3 is 9.47 Å². The van der Waals surface area contributed by atoms with Gasteiger partial charge in [-0.3, -0.25) is 10.2 Å². The lowest BCUT2D eigenvalue weighted by Gasteiger charge is -2.20. The van der Waals surface area contributed by atoms with Gasteiger partial charge in [-0.1, -0.05) is 31.2 Å². The third-order valence-electron chi connectivity index (χ3n) is 4.80. The van der Waals surface area contributed by atoms with Crippen molar-refractivity contribution in [1.29, 1.82) is 5.41 Å². The lowest BCUT2D eigenvalue weighted by atomic mass is 10.1. The Morgan fingerprint density at radius 3 is 2.78 bits per heavy atom. The van der Waals surface area contributed by atoms with Crippen LogP contribution in [0.3, 0.4) is 0 Å². The quantitative estimate of drug-likeness (QED) is 0.608. The summed E-state index contributed by atoms with van der Waals surface area (Å²) in [5.74, 6) is 0.0209. The summed E-state index contributed by atoms with van der Waals surface area (Å²) in [4.78, 5) is 16.6. The highest BCUT2D eigenvalue weighted by molar-refractivity contribution is 8.26. The lowest BCUT2D eigenvalue weighted by molar-refractivity contribution is -0.114. The van der Waals surface area contributed by atoms with Gasteiger partial charge in [0, 0.05) is 5.56 Å². The standard InChI is InChI=1S/C23H21FN4O3S/c1-3-6-20-27-28-21(25)16(22(29)26-23(28)32-20)11-14-9-10-18(19(12-14)30-2)31-13-15-7-4-5-8-17(15)24/h4-5,7-12,25H,3,6,13H2,1-2H3/b16-11+,25-21?. The van der Waals surface area contributed by atoms with Crippen molar-refractivity contribution in [2.24, 2.45) is 10.1 Å². The molecule has 0 aromatic heterocycles. The zero-order chi connectivity index (χ0) is 22.7. The second kappa shape index (κ2) is 9.35. The van der Waals surface area contributed by atoms with Gasteiger partial charge in [-0.25, -0.2) is 4.39 Å². The average molecular weight is 453 g/mol. The number of fused-ring (bicyclic) bond motifs is 1. The number of amidine groups is 2. The molecule has 0 spiro atoms. The fraction of sp³-hybridized carbons (Fsp3) is 0.217. The number of carbonyl (C=O) groups excluding carboxylic acids is 1. The molecule has 0 bridgehead atoms. The summed E-state index contributed by atoms with van der Waals surface area (Å²) in [7, 11) is 1.50. The Kier molecular flexibility index (Phi) is 6.36. The number of nitrogens with one attached hydrogen (secondary N) is 1. The van der Waals surface area contributed by atoms with Crippen LogP contribution in [0, 0.1) is 11.2 Å². The van der Waals surface area contributed by atoms with Crippen molar-refractivity contribution in [1.82, 2.24) is 5.01 Å². The van der Waals surface area contributed by atoms with E-state index in [2.05, 4.69) is 10.1 Å². The maximum atomic E-state index is 13.8. The number of amides is 1. The Hall–Kier alpha value is -3.46. The predicted molar refractivity (Wildman–Crippen MR) is 124 cm³/mol. The van der Waals surface area contributed by atoms with Gasteiger partial charge in [0.2, 0.25) is 5.17 Å². The van der Waals surface area contributed by atoms with Crippen molar-refractivity contribution in [2.45, 2.75) is 26.4 Å². The van der Waals surface area contributed by atoms with Crippen LogP contribution >= 0.6 is 11.8 Å². The van der Waals surface area contributed by atoms with Crippen LogP contribution in [0.5, 0.6) is 11.5 Å². The Bertz CT molecular complexity index is 1180. The molecule has 32 heavy (non-hydrogen) atoms. The molecule has 0 aliphatic carbocycles. The number of rotatable bonds is 7. The second-order valence-electron chi connectivity index (χ2n) is 7.05. The van der Waals surface area contributed by atoms with Crippen LogP contribution in [0.25, 0.3) is 6.08 Å². The molecular formula is C23H21FN4O3S. The van der Waals surface area contributed by atoms with Crippen LogP contribution in [0.4, 0.5) is 4.39 Å². The van der Waals surface area contributed by atoms with E-state index in [1.54, 1.807) is 42.5 Å². The molecular weight excluding hydrogens is 431 g/mol. The molecule has 2 heterocycles. The van der Waals surface area contributed by atoms with Crippen LogP contribution in [0.2, 0.25) is 0 Å². The highest BCUT2D eigenvalue weighted by Crippen LogP contribution is 2.32. The zero-order valence-corrected chi connectivity index (χ0v) is 18.4. The van der Waals surface area contributed by atoms with Gasteiger partial charge in [-0.15, -0.1) is 0 Å². The first-order valence-electron chi connectivity index (χ1n) is 10.0. The summed E-state index contributed by atoms with van der Waals surface area (Å²) in [6.45, 7) is 2.09. The Morgan fingerprint density at radius 2 is 2.03 bits per heavy atom. The SMILES string of the molecule is CCCC1=NN2C(=N)/C(=C\c3ccc(OCc4ccccc4F)c(OC)c3)C(=O)N=C2S1. The number of thioether (sulfide) groups is 1. The number of hydrogen-bond donors (Lipinski definition) is 1. The molecule has 0 radical (unpaired) electrons. The molecule has 0 atom stereocenters. The molecule has 1 amide bonds. The third-order valence-corrected chi connectivity index (χ3v) is 5.77. The summed E-state index contributed by atoms with van der Waals surface area (Å²) in [6.07, 6.45) is 3.26. The molecule has 1 N–H and O–H groups in total. The monoisotopic (exact) mass is 452 g/mol. The highest BCUT2D eigenvalue weighted by Gasteiger charge is 2.35. The minimum absolute atomic E-state index is 0.0163. The van der Waals surface area contributed by atoms with Gasteiger partial charge in [0.1, 0.15) is 17.5 Å². The molecule has 2 aromatic rings. The van der Waals surface area contributed by atoms with E-state index in [-0.39, 0.29) is 23.8 Å². The lowest BCUT2D eigenvalue weighted by Crippen LogP contribution is -2.35. The predicted octanol–water partition coefficient (Wildman–Crippen LogP) is 4.83. The van der Waals surface area contributed by atoms with Crippen LogP contribution < -0.4 is 9.47 Å². The van der Waals surface area contributed by atoms with Crippen LogP contribution in [0.1, 0.15) is 30.9 Å². The van der Waals surface area contributed by atoms with E-state index in [1.165, 1.54) is 29.9 Å². The van der Waals surface area contributed by atoms with Crippen molar-refractivity contribution in [3.05, 3.63) is 65.0 Å². The van der Waals surface area contributed by atoms with Crippen LogP contribution in [0.15, 0.2) is 58.1 Å². The van der Waals surface area contributed by atoms with E-state index >= 15 is 0 Å². The number of halogens is 1. The number of aliphatic imine (C=N–C) groups is 1. The number of benzene rings is 2. The van der Waals surface area contributed by atoms with Crippen LogP contribution in [-0.2, 0) is 11.4 Å². The molecule has 0 unspecified atom stereocenters.